The first-order valence-corrected chi connectivity index (χ1v) is 18.1. The number of imidazole rings is 1. The third-order valence-electron chi connectivity index (χ3n) is 8.18. The van der Waals surface area contributed by atoms with Crippen molar-refractivity contribution in [3.8, 4) is 5.75 Å². The van der Waals surface area contributed by atoms with Gasteiger partial charge in [-0.1, -0.05) is 68.3 Å². The number of nitrogens with one attached hydrogen (secondary N) is 1. The number of nitrogens with two attached hydrogens (primary N) is 1. The standard InChI is InChI=1S/C36H46N5O6P/c1-7-9-20-36(6,41-31(22-44-8-2)39-32-33(41)29-16-12-13-17-30(29)38-34(32)37)23-45-48(43,40-25(5)35(42)46-24(3)4)47-28-19-18-26-14-10-11-15-27(26)21-28/h10-19,21,24-25H,7-9,20,22-23H2,1-6H3,(H2,37,38)(H,40,43)/t25-,36?,48+/m0/s1. The molecule has 11 nitrogen and oxygen atoms in total. The van der Waals surface area contributed by atoms with E-state index in [1.54, 1.807) is 32.9 Å². The number of anilines is 1. The molecule has 0 amide bonds. The molecule has 3 aromatic carbocycles. The highest BCUT2D eigenvalue weighted by atomic mass is 31.2. The zero-order valence-electron chi connectivity index (χ0n) is 28.6. The van der Waals surface area contributed by atoms with Crippen molar-refractivity contribution in [3.05, 3.63) is 72.6 Å². The number of ether oxygens (including phenoxy) is 2. The number of hydrogen-bond acceptors (Lipinski definition) is 9. The summed E-state index contributed by atoms with van der Waals surface area (Å²) in [4.78, 5) is 22.4. The van der Waals surface area contributed by atoms with E-state index in [2.05, 4.69) is 21.6 Å². The highest BCUT2D eigenvalue weighted by Crippen LogP contribution is 2.48. The average Bonchev–Trinajstić information content (AvgIpc) is 3.46. The first kappa shape index (κ1) is 35.3. The second-order valence-corrected chi connectivity index (χ2v) is 14.2. The molecule has 48 heavy (non-hydrogen) atoms. The van der Waals surface area contributed by atoms with Crippen molar-refractivity contribution in [3.63, 3.8) is 0 Å². The fourth-order valence-corrected chi connectivity index (χ4v) is 7.43. The van der Waals surface area contributed by atoms with Gasteiger partial charge in [-0.15, -0.1) is 0 Å². The number of carbonyl (C=O) groups is 1. The van der Waals surface area contributed by atoms with Crippen LogP contribution in [0.2, 0.25) is 0 Å². The molecule has 1 unspecified atom stereocenters. The summed E-state index contributed by atoms with van der Waals surface area (Å²) < 4.78 is 40.7. The number of aromatic nitrogens is 3. The number of pyridine rings is 1. The van der Waals surface area contributed by atoms with Crippen LogP contribution in [0.25, 0.3) is 32.7 Å². The van der Waals surface area contributed by atoms with Crippen LogP contribution in [-0.4, -0.2) is 45.9 Å². The molecule has 0 spiro atoms. The summed E-state index contributed by atoms with van der Waals surface area (Å²) in [6.07, 6.45) is 2.04. The molecule has 2 heterocycles. The van der Waals surface area contributed by atoms with Gasteiger partial charge in [-0.25, -0.2) is 14.5 Å². The minimum absolute atomic E-state index is 0.0576. The summed E-state index contributed by atoms with van der Waals surface area (Å²) in [6.45, 7) is 11.8. The molecule has 0 aliphatic heterocycles. The van der Waals surface area contributed by atoms with Gasteiger partial charge in [0, 0.05) is 12.0 Å². The molecular weight excluding hydrogens is 629 g/mol. The number of nitrogens with zero attached hydrogens (tertiary/aromatic N) is 3. The molecular formula is C36H46N5O6P. The molecule has 0 saturated carbocycles. The summed E-state index contributed by atoms with van der Waals surface area (Å²) >= 11 is 0. The maximum atomic E-state index is 14.8. The van der Waals surface area contributed by atoms with E-state index in [1.807, 2.05) is 68.4 Å². The summed E-state index contributed by atoms with van der Waals surface area (Å²) in [6, 6.07) is 20.0. The Morgan fingerprint density at radius 1 is 1.02 bits per heavy atom. The summed E-state index contributed by atoms with van der Waals surface area (Å²) in [5.74, 6) is 0.715. The second-order valence-electron chi connectivity index (χ2n) is 12.5. The Kier molecular flexibility index (Phi) is 11.1. The third kappa shape index (κ3) is 7.81. The molecule has 12 heteroatoms. The van der Waals surface area contributed by atoms with Crippen LogP contribution in [0.15, 0.2) is 66.7 Å². The van der Waals surface area contributed by atoms with Gasteiger partial charge >= 0.3 is 13.7 Å². The van der Waals surface area contributed by atoms with Crippen LogP contribution in [0, 0.1) is 0 Å². The van der Waals surface area contributed by atoms with Gasteiger partial charge in [0.05, 0.1) is 29.3 Å². The quantitative estimate of drug-likeness (QED) is 0.0784. The van der Waals surface area contributed by atoms with Gasteiger partial charge in [0.15, 0.2) is 5.82 Å². The van der Waals surface area contributed by atoms with E-state index in [-0.39, 0.29) is 19.3 Å². The van der Waals surface area contributed by atoms with Crippen molar-refractivity contribution >= 4 is 52.2 Å². The fourth-order valence-electron chi connectivity index (χ4n) is 5.83. The lowest BCUT2D eigenvalue weighted by Gasteiger charge is -2.35. The van der Waals surface area contributed by atoms with Crippen LogP contribution < -0.4 is 15.3 Å². The van der Waals surface area contributed by atoms with Crippen LogP contribution in [0.5, 0.6) is 5.75 Å². The molecule has 0 radical (unpaired) electrons. The lowest BCUT2D eigenvalue weighted by Crippen LogP contribution is -2.40. The van der Waals surface area contributed by atoms with E-state index in [0.717, 1.165) is 40.0 Å². The Hall–Kier alpha value is -4.02. The van der Waals surface area contributed by atoms with Gasteiger partial charge in [-0.05, 0) is 70.0 Å². The number of para-hydroxylation sites is 1. The second kappa shape index (κ2) is 15.0. The topological polar surface area (TPSA) is 140 Å². The predicted octanol–water partition coefficient (Wildman–Crippen LogP) is 7.90. The number of benzene rings is 3. The lowest BCUT2D eigenvalue weighted by atomic mass is 9.94. The molecule has 5 rings (SSSR count). The van der Waals surface area contributed by atoms with Crippen molar-refractivity contribution in [1.29, 1.82) is 0 Å². The van der Waals surface area contributed by atoms with E-state index >= 15 is 0 Å². The number of nitrogen functional groups attached to an aromatic ring is 1. The fraction of sp³-hybridized carbons (Fsp3) is 0.417. The Bertz CT molecular complexity index is 1950. The van der Waals surface area contributed by atoms with Crippen LogP contribution in [-0.2, 0) is 35.5 Å². The van der Waals surface area contributed by atoms with Crippen molar-refractivity contribution < 1.29 is 27.9 Å². The molecule has 0 aliphatic carbocycles. The van der Waals surface area contributed by atoms with Gasteiger partial charge in [-0.2, -0.15) is 5.09 Å². The number of carbonyl (C=O) groups excluding carboxylic acids is 1. The van der Waals surface area contributed by atoms with Crippen LogP contribution in [0.4, 0.5) is 5.82 Å². The lowest BCUT2D eigenvalue weighted by molar-refractivity contribution is -0.149. The zero-order chi connectivity index (χ0) is 34.5. The van der Waals surface area contributed by atoms with E-state index in [1.165, 1.54) is 0 Å². The molecule has 3 atom stereocenters. The summed E-state index contributed by atoms with van der Waals surface area (Å²) in [5.41, 5.74) is 7.76. The summed E-state index contributed by atoms with van der Waals surface area (Å²) in [7, 11) is -4.21. The van der Waals surface area contributed by atoms with Gasteiger partial charge in [0.2, 0.25) is 0 Å². The van der Waals surface area contributed by atoms with Gasteiger partial charge in [-0.3, -0.25) is 9.32 Å². The van der Waals surface area contributed by atoms with Gasteiger partial charge in [0.1, 0.15) is 29.7 Å². The van der Waals surface area contributed by atoms with E-state index in [9.17, 15) is 9.36 Å². The SMILES string of the molecule is CCCCC(C)(CO[P@](=O)(N[C@@H](C)C(=O)OC(C)C)Oc1ccc2ccccc2c1)n1c(COCC)nc2c(N)nc3ccccc3c21. The minimum Gasteiger partial charge on any atom is -0.462 e. The van der Waals surface area contributed by atoms with Gasteiger partial charge in [0.25, 0.3) is 0 Å². The van der Waals surface area contributed by atoms with E-state index in [0.29, 0.717) is 35.9 Å². The molecule has 0 saturated heterocycles. The monoisotopic (exact) mass is 675 g/mol. The normalized spacial score (nSPS) is 15.1. The molecule has 3 N–H and O–H groups in total. The first-order valence-electron chi connectivity index (χ1n) is 16.5. The Morgan fingerprint density at radius 3 is 2.48 bits per heavy atom. The molecule has 0 bridgehead atoms. The highest BCUT2D eigenvalue weighted by molar-refractivity contribution is 7.52. The van der Waals surface area contributed by atoms with Crippen LogP contribution in [0.1, 0.15) is 66.6 Å². The maximum Gasteiger partial charge on any atom is 0.459 e. The molecule has 0 fully saturated rings. The van der Waals surface area contributed by atoms with Crippen LogP contribution in [0.3, 0.4) is 0 Å². The van der Waals surface area contributed by atoms with Crippen molar-refractivity contribution in [1.82, 2.24) is 19.6 Å². The molecule has 5 aromatic rings. The van der Waals surface area contributed by atoms with Crippen LogP contribution >= 0.6 is 7.75 Å². The Balaban J connectivity index is 1.59. The smallest absolute Gasteiger partial charge is 0.459 e. The van der Waals surface area contributed by atoms with E-state index < -0.39 is 25.3 Å². The van der Waals surface area contributed by atoms with Gasteiger partial charge < -0.3 is 24.3 Å². The largest absolute Gasteiger partial charge is 0.462 e. The number of fused-ring (bicyclic) bond motifs is 4. The number of hydrogen-bond donors (Lipinski definition) is 2. The Morgan fingerprint density at radius 2 is 1.75 bits per heavy atom. The molecule has 256 valence electrons. The highest BCUT2D eigenvalue weighted by Gasteiger charge is 2.39. The molecule has 0 aliphatic rings. The van der Waals surface area contributed by atoms with Crippen molar-refractivity contribution in [2.45, 2.75) is 85.1 Å². The minimum atomic E-state index is -4.21. The third-order valence-corrected chi connectivity index (χ3v) is 9.81. The zero-order valence-corrected chi connectivity index (χ0v) is 29.5. The first-order chi connectivity index (χ1) is 23.0. The average molecular weight is 676 g/mol. The maximum absolute atomic E-state index is 14.8. The summed E-state index contributed by atoms with van der Waals surface area (Å²) in [5, 5.41) is 5.64. The van der Waals surface area contributed by atoms with Crippen molar-refractivity contribution in [2.75, 3.05) is 18.9 Å². The van der Waals surface area contributed by atoms with Crippen molar-refractivity contribution in [2.24, 2.45) is 0 Å². The number of rotatable bonds is 16. The number of unbranched alkanes of at least 4 members (excludes halogenated alkanes) is 1. The Labute approximate surface area is 281 Å². The van der Waals surface area contributed by atoms with E-state index in [4.69, 9.17) is 29.2 Å². The number of esters is 1. The molecule has 2 aromatic heterocycles. The predicted molar refractivity (Wildman–Crippen MR) is 190 cm³/mol.